The van der Waals surface area contributed by atoms with Crippen LogP contribution in [-0.4, -0.2) is 29.3 Å². The lowest BCUT2D eigenvalue weighted by Crippen LogP contribution is -2.44. The van der Waals surface area contributed by atoms with Crippen LogP contribution in [0.1, 0.15) is 37.3 Å². The van der Waals surface area contributed by atoms with Crippen molar-refractivity contribution in [1.82, 2.24) is 4.90 Å². The minimum absolute atomic E-state index is 0.0217. The van der Waals surface area contributed by atoms with Gasteiger partial charge in [0.15, 0.2) is 0 Å². The average molecular weight is 258 g/mol. The first-order chi connectivity index (χ1) is 9.15. The molecule has 102 valence electrons. The molecule has 3 nitrogen and oxygen atoms in total. The predicted octanol–water partition coefficient (Wildman–Crippen LogP) is 3.13. The van der Waals surface area contributed by atoms with Gasteiger partial charge in [-0.1, -0.05) is 35.0 Å². The van der Waals surface area contributed by atoms with Gasteiger partial charge in [0.25, 0.3) is 0 Å². The summed E-state index contributed by atoms with van der Waals surface area (Å²) in [6.07, 6.45) is 3.21. The Morgan fingerprint density at radius 2 is 1.84 bits per heavy atom. The number of aryl methyl sites for hydroxylation is 1. The van der Waals surface area contributed by atoms with Crippen LogP contribution in [0.5, 0.6) is 0 Å². The lowest BCUT2D eigenvalue weighted by molar-refractivity contribution is -0.0627. The SMILES string of the molecule is CC1=NOC2(CCN(Cc3ccc(C)cc3)CC2)C1. The third kappa shape index (κ3) is 2.81. The molecule has 0 radical (unpaired) electrons. The zero-order valence-corrected chi connectivity index (χ0v) is 11.9. The van der Waals surface area contributed by atoms with E-state index in [0.717, 1.165) is 44.6 Å². The summed E-state index contributed by atoms with van der Waals surface area (Å²) in [7, 11) is 0. The molecule has 2 aliphatic heterocycles. The van der Waals surface area contributed by atoms with Crippen molar-refractivity contribution in [2.24, 2.45) is 5.16 Å². The average Bonchev–Trinajstić information content (AvgIpc) is 2.77. The second-order valence-electron chi connectivity index (χ2n) is 6.04. The molecule has 0 aliphatic carbocycles. The number of hydrogen-bond donors (Lipinski definition) is 0. The molecular weight excluding hydrogens is 236 g/mol. The Labute approximate surface area is 115 Å². The van der Waals surface area contributed by atoms with Crippen molar-refractivity contribution in [3.63, 3.8) is 0 Å². The van der Waals surface area contributed by atoms with Crippen molar-refractivity contribution < 1.29 is 4.84 Å². The predicted molar refractivity (Wildman–Crippen MR) is 77.2 cm³/mol. The highest BCUT2D eigenvalue weighted by Gasteiger charge is 2.40. The van der Waals surface area contributed by atoms with Crippen molar-refractivity contribution in [3.05, 3.63) is 35.4 Å². The van der Waals surface area contributed by atoms with Crippen LogP contribution in [0, 0.1) is 6.92 Å². The molecule has 1 aromatic carbocycles. The molecule has 2 aliphatic rings. The topological polar surface area (TPSA) is 24.8 Å². The molecule has 1 saturated heterocycles. The Morgan fingerprint density at radius 1 is 1.16 bits per heavy atom. The second-order valence-corrected chi connectivity index (χ2v) is 6.04. The first-order valence-corrected chi connectivity index (χ1v) is 7.15. The van der Waals surface area contributed by atoms with Gasteiger partial charge in [-0.05, 0) is 19.4 Å². The number of rotatable bonds is 2. The Bertz CT molecular complexity index is 470. The Balaban J connectivity index is 1.55. The van der Waals surface area contributed by atoms with E-state index in [2.05, 4.69) is 48.2 Å². The van der Waals surface area contributed by atoms with Crippen LogP contribution < -0.4 is 0 Å². The highest BCUT2D eigenvalue weighted by molar-refractivity contribution is 5.83. The van der Waals surface area contributed by atoms with Crippen LogP contribution >= 0.6 is 0 Å². The van der Waals surface area contributed by atoms with E-state index < -0.39 is 0 Å². The maximum absolute atomic E-state index is 5.67. The lowest BCUT2D eigenvalue weighted by Gasteiger charge is -2.37. The highest BCUT2D eigenvalue weighted by atomic mass is 16.7. The molecule has 0 N–H and O–H groups in total. The molecule has 0 atom stereocenters. The summed E-state index contributed by atoms with van der Waals surface area (Å²) in [5, 5.41) is 4.13. The molecule has 0 saturated carbocycles. The van der Waals surface area contributed by atoms with Crippen molar-refractivity contribution >= 4 is 5.71 Å². The normalized spacial score (nSPS) is 22.3. The number of oxime groups is 1. The maximum atomic E-state index is 5.67. The van der Waals surface area contributed by atoms with Gasteiger partial charge in [0.05, 0.1) is 5.71 Å². The number of nitrogens with zero attached hydrogens (tertiary/aromatic N) is 2. The molecule has 1 spiro atoms. The zero-order chi connectivity index (χ0) is 13.3. The largest absolute Gasteiger partial charge is 0.389 e. The highest BCUT2D eigenvalue weighted by Crippen LogP contribution is 2.34. The van der Waals surface area contributed by atoms with Gasteiger partial charge >= 0.3 is 0 Å². The first-order valence-electron chi connectivity index (χ1n) is 7.15. The van der Waals surface area contributed by atoms with Gasteiger partial charge in [0, 0.05) is 38.9 Å². The molecule has 3 rings (SSSR count). The molecule has 2 heterocycles. The Hall–Kier alpha value is -1.35. The monoisotopic (exact) mass is 258 g/mol. The van der Waals surface area contributed by atoms with E-state index in [-0.39, 0.29) is 5.60 Å². The van der Waals surface area contributed by atoms with E-state index >= 15 is 0 Å². The fourth-order valence-corrected chi connectivity index (χ4v) is 3.04. The van der Waals surface area contributed by atoms with Gasteiger partial charge in [0.1, 0.15) is 5.60 Å². The van der Waals surface area contributed by atoms with E-state index in [9.17, 15) is 0 Å². The molecule has 1 fully saturated rings. The summed E-state index contributed by atoms with van der Waals surface area (Å²) >= 11 is 0. The Morgan fingerprint density at radius 3 is 2.42 bits per heavy atom. The number of hydrogen-bond acceptors (Lipinski definition) is 3. The fraction of sp³-hybridized carbons (Fsp3) is 0.562. The fourth-order valence-electron chi connectivity index (χ4n) is 3.04. The summed E-state index contributed by atoms with van der Waals surface area (Å²) in [5.74, 6) is 0. The number of piperidine rings is 1. The van der Waals surface area contributed by atoms with Crippen molar-refractivity contribution in [2.75, 3.05) is 13.1 Å². The van der Waals surface area contributed by atoms with Gasteiger partial charge in [-0.25, -0.2) is 0 Å². The summed E-state index contributed by atoms with van der Waals surface area (Å²) in [6, 6.07) is 8.86. The smallest absolute Gasteiger partial charge is 0.145 e. The number of benzene rings is 1. The summed E-state index contributed by atoms with van der Waals surface area (Å²) in [6.45, 7) is 7.46. The van der Waals surface area contributed by atoms with E-state index in [1.165, 1.54) is 11.1 Å². The van der Waals surface area contributed by atoms with Gasteiger partial charge < -0.3 is 4.84 Å². The third-order valence-electron chi connectivity index (χ3n) is 4.27. The zero-order valence-electron chi connectivity index (χ0n) is 11.9. The molecule has 0 amide bonds. The van der Waals surface area contributed by atoms with Crippen molar-refractivity contribution in [2.45, 2.75) is 45.3 Å². The van der Waals surface area contributed by atoms with Gasteiger partial charge in [-0.2, -0.15) is 0 Å². The van der Waals surface area contributed by atoms with Crippen LogP contribution in [-0.2, 0) is 11.4 Å². The van der Waals surface area contributed by atoms with Crippen LogP contribution in [0.25, 0.3) is 0 Å². The second kappa shape index (κ2) is 4.97. The van der Waals surface area contributed by atoms with E-state index in [1.54, 1.807) is 0 Å². The molecule has 0 aromatic heterocycles. The van der Waals surface area contributed by atoms with Crippen molar-refractivity contribution in [3.8, 4) is 0 Å². The standard InChI is InChI=1S/C16H22N2O/c1-13-3-5-15(6-4-13)12-18-9-7-16(8-10-18)11-14(2)17-19-16/h3-6H,7-12H2,1-2H3. The van der Waals surface area contributed by atoms with Gasteiger partial charge in [-0.15, -0.1) is 0 Å². The van der Waals surface area contributed by atoms with Crippen molar-refractivity contribution in [1.29, 1.82) is 0 Å². The lowest BCUT2D eigenvalue weighted by atomic mass is 9.87. The van der Waals surface area contributed by atoms with Gasteiger partial charge in [-0.3, -0.25) is 4.90 Å². The van der Waals surface area contributed by atoms with E-state index in [0.29, 0.717) is 0 Å². The third-order valence-corrected chi connectivity index (χ3v) is 4.27. The molecule has 0 unspecified atom stereocenters. The molecule has 3 heteroatoms. The van der Waals surface area contributed by atoms with Crippen LogP contribution in [0.4, 0.5) is 0 Å². The van der Waals surface area contributed by atoms with Crippen LogP contribution in [0.2, 0.25) is 0 Å². The minimum Gasteiger partial charge on any atom is -0.389 e. The number of likely N-dealkylation sites (tertiary alicyclic amines) is 1. The molecule has 19 heavy (non-hydrogen) atoms. The van der Waals surface area contributed by atoms with Crippen LogP contribution in [0.15, 0.2) is 29.4 Å². The summed E-state index contributed by atoms with van der Waals surface area (Å²) in [4.78, 5) is 8.19. The summed E-state index contributed by atoms with van der Waals surface area (Å²) in [5.41, 5.74) is 3.90. The summed E-state index contributed by atoms with van der Waals surface area (Å²) < 4.78 is 0. The van der Waals surface area contributed by atoms with E-state index in [1.807, 2.05) is 0 Å². The van der Waals surface area contributed by atoms with Gasteiger partial charge in [0.2, 0.25) is 0 Å². The molecular formula is C16H22N2O. The first kappa shape index (κ1) is 12.7. The quantitative estimate of drug-likeness (QED) is 0.814. The minimum atomic E-state index is 0.0217. The van der Waals surface area contributed by atoms with E-state index in [4.69, 9.17) is 4.84 Å². The molecule has 0 bridgehead atoms. The van der Waals surface area contributed by atoms with Crippen LogP contribution in [0.3, 0.4) is 0 Å². The maximum Gasteiger partial charge on any atom is 0.145 e. The Kier molecular flexibility index (Phi) is 3.31. The molecule has 1 aromatic rings.